The molecular weight excluding hydrogens is 284 g/mol. The van der Waals surface area contributed by atoms with Gasteiger partial charge < -0.3 is 10.6 Å². The van der Waals surface area contributed by atoms with Crippen molar-refractivity contribution in [3.63, 3.8) is 0 Å². The number of likely N-dealkylation sites (tertiary alicyclic amines) is 1. The van der Waals surface area contributed by atoms with Crippen LogP contribution in [0.5, 0.6) is 0 Å². The van der Waals surface area contributed by atoms with E-state index >= 15 is 0 Å². The first-order valence-corrected chi connectivity index (χ1v) is 8.32. The molecule has 2 aromatic rings. The Morgan fingerprint density at radius 3 is 3.19 bits per heavy atom. The van der Waals surface area contributed by atoms with Gasteiger partial charge >= 0.3 is 0 Å². The SMILES string of the molecule is CCCc1[nH]nc(C(=O)N2CCCC2c2ccsc2)c1N. The molecule has 1 atom stereocenters. The van der Waals surface area contributed by atoms with Gasteiger partial charge in [-0.3, -0.25) is 9.89 Å². The fourth-order valence-electron chi connectivity index (χ4n) is 2.95. The largest absolute Gasteiger partial charge is 0.395 e. The number of amides is 1. The number of nitrogens with zero attached hydrogens (tertiary/aromatic N) is 2. The molecule has 3 heterocycles. The maximum Gasteiger partial charge on any atom is 0.277 e. The van der Waals surface area contributed by atoms with E-state index in [0.717, 1.165) is 37.9 Å². The number of hydrogen-bond acceptors (Lipinski definition) is 4. The van der Waals surface area contributed by atoms with Crippen molar-refractivity contribution in [3.8, 4) is 0 Å². The monoisotopic (exact) mass is 304 g/mol. The Hall–Kier alpha value is -1.82. The van der Waals surface area contributed by atoms with Gasteiger partial charge in [-0.25, -0.2) is 0 Å². The fourth-order valence-corrected chi connectivity index (χ4v) is 3.65. The number of H-pyrrole nitrogens is 1. The number of carbonyl (C=O) groups excluding carboxylic acids is 1. The lowest BCUT2D eigenvalue weighted by Crippen LogP contribution is -2.31. The number of rotatable bonds is 4. The predicted octanol–water partition coefficient (Wildman–Crippen LogP) is 2.98. The topological polar surface area (TPSA) is 75.0 Å². The van der Waals surface area contributed by atoms with Crippen LogP contribution in [0.4, 0.5) is 5.69 Å². The second kappa shape index (κ2) is 5.89. The van der Waals surface area contributed by atoms with E-state index in [-0.39, 0.29) is 11.9 Å². The van der Waals surface area contributed by atoms with Gasteiger partial charge in [0, 0.05) is 6.54 Å². The van der Waals surface area contributed by atoms with Crippen molar-refractivity contribution < 1.29 is 4.79 Å². The summed E-state index contributed by atoms with van der Waals surface area (Å²) >= 11 is 1.67. The van der Waals surface area contributed by atoms with Gasteiger partial charge in [-0.05, 0) is 41.7 Å². The molecule has 1 fully saturated rings. The highest BCUT2D eigenvalue weighted by molar-refractivity contribution is 7.07. The number of hydrogen-bond donors (Lipinski definition) is 2. The lowest BCUT2D eigenvalue weighted by atomic mass is 10.1. The van der Waals surface area contributed by atoms with E-state index in [2.05, 4.69) is 33.9 Å². The van der Waals surface area contributed by atoms with Crippen LogP contribution in [0.3, 0.4) is 0 Å². The molecule has 0 bridgehead atoms. The van der Waals surface area contributed by atoms with Crippen LogP contribution >= 0.6 is 11.3 Å². The van der Waals surface area contributed by atoms with Gasteiger partial charge in [0.1, 0.15) is 0 Å². The molecule has 0 spiro atoms. The van der Waals surface area contributed by atoms with Crippen LogP contribution in [0.1, 0.15) is 54.0 Å². The van der Waals surface area contributed by atoms with E-state index in [1.807, 2.05) is 4.90 Å². The van der Waals surface area contributed by atoms with Crippen LogP contribution in [0, 0.1) is 0 Å². The van der Waals surface area contributed by atoms with Crippen molar-refractivity contribution in [1.82, 2.24) is 15.1 Å². The van der Waals surface area contributed by atoms with Crippen molar-refractivity contribution in [2.75, 3.05) is 12.3 Å². The zero-order valence-electron chi connectivity index (χ0n) is 12.1. The summed E-state index contributed by atoms with van der Waals surface area (Å²) in [6, 6.07) is 2.26. The molecule has 0 aromatic carbocycles. The summed E-state index contributed by atoms with van der Waals surface area (Å²) < 4.78 is 0. The highest BCUT2D eigenvalue weighted by Gasteiger charge is 2.33. The average Bonchev–Trinajstić information content (AvgIpc) is 3.19. The summed E-state index contributed by atoms with van der Waals surface area (Å²) in [5.41, 5.74) is 9.05. The Labute approximate surface area is 128 Å². The third-order valence-electron chi connectivity index (χ3n) is 4.03. The van der Waals surface area contributed by atoms with Crippen molar-refractivity contribution in [2.24, 2.45) is 0 Å². The van der Waals surface area contributed by atoms with E-state index in [9.17, 15) is 4.79 Å². The minimum Gasteiger partial charge on any atom is -0.395 e. The Kier molecular flexibility index (Phi) is 3.96. The van der Waals surface area contributed by atoms with Crippen molar-refractivity contribution in [3.05, 3.63) is 33.8 Å². The Morgan fingerprint density at radius 2 is 2.48 bits per heavy atom. The molecule has 6 heteroatoms. The molecule has 1 aliphatic rings. The van der Waals surface area contributed by atoms with Gasteiger partial charge in [0.05, 0.1) is 17.4 Å². The zero-order chi connectivity index (χ0) is 14.8. The van der Waals surface area contributed by atoms with Gasteiger partial charge in [-0.1, -0.05) is 13.3 Å². The standard InChI is InChI=1S/C15H20N4OS/c1-2-4-11-13(16)14(18-17-11)15(20)19-7-3-5-12(19)10-6-8-21-9-10/h6,8-9,12H,2-5,7,16H2,1H3,(H,17,18). The molecule has 0 radical (unpaired) electrons. The zero-order valence-corrected chi connectivity index (χ0v) is 12.9. The van der Waals surface area contributed by atoms with E-state index in [1.165, 1.54) is 5.56 Å². The molecule has 5 nitrogen and oxygen atoms in total. The van der Waals surface area contributed by atoms with Crippen molar-refractivity contribution in [1.29, 1.82) is 0 Å². The molecule has 21 heavy (non-hydrogen) atoms. The summed E-state index contributed by atoms with van der Waals surface area (Å²) in [4.78, 5) is 14.7. The molecule has 1 amide bonds. The predicted molar refractivity (Wildman–Crippen MR) is 84.3 cm³/mol. The summed E-state index contributed by atoms with van der Waals surface area (Å²) in [6.07, 6.45) is 3.83. The van der Waals surface area contributed by atoms with Crippen LogP contribution in [-0.4, -0.2) is 27.5 Å². The lowest BCUT2D eigenvalue weighted by Gasteiger charge is -2.23. The highest BCUT2D eigenvalue weighted by Crippen LogP contribution is 2.34. The highest BCUT2D eigenvalue weighted by atomic mass is 32.1. The Morgan fingerprint density at radius 1 is 1.62 bits per heavy atom. The van der Waals surface area contributed by atoms with Crippen molar-refractivity contribution in [2.45, 2.75) is 38.6 Å². The molecule has 1 unspecified atom stereocenters. The molecule has 1 aliphatic heterocycles. The number of carbonyl (C=O) groups is 1. The van der Waals surface area contributed by atoms with E-state index < -0.39 is 0 Å². The van der Waals surface area contributed by atoms with Crippen LogP contribution in [0.25, 0.3) is 0 Å². The second-order valence-electron chi connectivity index (χ2n) is 5.43. The molecule has 0 aliphatic carbocycles. The number of nitrogens with two attached hydrogens (primary N) is 1. The average molecular weight is 304 g/mol. The first-order chi connectivity index (χ1) is 10.2. The minimum absolute atomic E-state index is 0.0557. The third-order valence-corrected chi connectivity index (χ3v) is 4.73. The Balaban J connectivity index is 1.84. The van der Waals surface area contributed by atoms with E-state index in [0.29, 0.717) is 11.4 Å². The van der Waals surface area contributed by atoms with Crippen LogP contribution < -0.4 is 5.73 Å². The number of anilines is 1. The summed E-state index contributed by atoms with van der Waals surface area (Å²) in [5.74, 6) is -0.0557. The lowest BCUT2D eigenvalue weighted by molar-refractivity contribution is 0.0731. The molecule has 1 saturated heterocycles. The van der Waals surface area contributed by atoms with Gasteiger partial charge in [0.15, 0.2) is 5.69 Å². The van der Waals surface area contributed by atoms with E-state index in [4.69, 9.17) is 5.73 Å². The number of thiophene rings is 1. The van der Waals surface area contributed by atoms with Crippen LogP contribution in [0.15, 0.2) is 16.8 Å². The molecule has 112 valence electrons. The summed E-state index contributed by atoms with van der Waals surface area (Å²) in [6.45, 7) is 2.85. The van der Waals surface area contributed by atoms with Crippen LogP contribution in [0.2, 0.25) is 0 Å². The summed E-state index contributed by atoms with van der Waals surface area (Å²) in [7, 11) is 0. The van der Waals surface area contributed by atoms with Gasteiger partial charge in [0.25, 0.3) is 5.91 Å². The van der Waals surface area contributed by atoms with E-state index in [1.54, 1.807) is 11.3 Å². The first kappa shape index (κ1) is 14.1. The first-order valence-electron chi connectivity index (χ1n) is 7.38. The maximum absolute atomic E-state index is 12.8. The number of aryl methyl sites for hydroxylation is 1. The quantitative estimate of drug-likeness (QED) is 0.912. The fraction of sp³-hybridized carbons (Fsp3) is 0.467. The smallest absolute Gasteiger partial charge is 0.277 e. The van der Waals surface area contributed by atoms with Gasteiger partial charge in [0.2, 0.25) is 0 Å². The molecule has 0 saturated carbocycles. The summed E-state index contributed by atoms with van der Waals surface area (Å²) in [5, 5.41) is 11.2. The minimum atomic E-state index is -0.0557. The normalized spacial score (nSPS) is 18.3. The van der Waals surface area contributed by atoms with Gasteiger partial charge in [-0.15, -0.1) is 0 Å². The molecule has 3 N–H and O–H groups in total. The third kappa shape index (κ3) is 2.55. The number of nitrogens with one attached hydrogen (secondary N) is 1. The van der Waals surface area contributed by atoms with Gasteiger partial charge in [-0.2, -0.15) is 16.4 Å². The second-order valence-corrected chi connectivity index (χ2v) is 6.21. The Bertz CT molecular complexity index is 620. The number of aromatic amines is 1. The van der Waals surface area contributed by atoms with Crippen molar-refractivity contribution >= 4 is 22.9 Å². The molecule has 2 aromatic heterocycles. The molecular formula is C15H20N4OS. The molecule has 3 rings (SSSR count). The number of aromatic nitrogens is 2. The number of nitrogen functional groups attached to an aromatic ring is 1. The maximum atomic E-state index is 12.8. The van der Waals surface area contributed by atoms with Crippen LogP contribution in [-0.2, 0) is 6.42 Å².